The van der Waals surface area contributed by atoms with Crippen LogP contribution in [0.5, 0.6) is 0 Å². The third-order valence-electron chi connectivity index (χ3n) is 1.82. The first kappa shape index (κ1) is 9.48. The van der Waals surface area contributed by atoms with Crippen LogP contribution >= 0.6 is 15.9 Å². The average Bonchev–Trinajstić information content (AvgIpc) is 2.78. The number of aromatic nitrogens is 2. The molecule has 0 aliphatic heterocycles. The first-order valence-electron chi connectivity index (χ1n) is 4.27. The van der Waals surface area contributed by atoms with Gasteiger partial charge >= 0.3 is 0 Å². The van der Waals surface area contributed by atoms with Crippen LogP contribution in [0.4, 0.5) is 0 Å². The molecule has 2 N–H and O–H groups in total. The lowest BCUT2D eigenvalue weighted by Gasteiger charge is -1.99. The average molecular weight is 256 g/mol. The Morgan fingerprint density at radius 1 is 1.50 bits per heavy atom. The van der Waals surface area contributed by atoms with Crippen molar-refractivity contribution in [2.24, 2.45) is 0 Å². The zero-order chi connectivity index (χ0) is 9.80. The Labute approximate surface area is 89.9 Å². The lowest BCUT2D eigenvalue weighted by Crippen LogP contribution is -2.13. The molecular weight excluding hydrogens is 246 g/mol. The molecule has 0 bridgehead atoms. The molecule has 0 aromatic carbocycles. The van der Waals surface area contributed by atoms with E-state index in [-0.39, 0.29) is 0 Å². The number of hydrogen-bond donors (Lipinski definition) is 2. The van der Waals surface area contributed by atoms with E-state index in [9.17, 15) is 0 Å². The molecule has 2 heterocycles. The van der Waals surface area contributed by atoms with E-state index in [4.69, 9.17) is 4.42 Å². The van der Waals surface area contributed by atoms with E-state index >= 15 is 0 Å². The second-order valence-corrected chi connectivity index (χ2v) is 3.69. The molecule has 0 aliphatic carbocycles. The molecule has 2 aromatic rings. The topological polar surface area (TPSA) is 53.9 Å². The third kappa shape index (κ3) is 2.24. The van der Waals surface area contributed by atoms with Gasteiger partial charge in [0.15, 0.2) is 0 Å². The van der Waals surface area contributed by atoms with Gasteiger partial charge in [0.05, 0.1) is 23.8 Å². The Kier molecular flexibility index (Phi) is 3.00. The quantitative estimate of drug-likeness (QED) is 0.880. The van der Waals surface area contributed by atoms with E-state index < -0.39 is 0 Å². The maximum atomic E-state index is 5.24. The number of hydrogen-bond acceptors (Lipinski definition) is 3. The molecule has 0 unspecified atom stereocenters. The fourth-order valence-electron chi connectivity index (χ4n) is 1.14. The van der Waals surface area contributed by atoms with Crippen molar-refractivity contribution in [3.8, 4) is 0 Å². The van der Waals surface area contributed by atoms with Crippen LogP contribution in [0, 0.1) is 0 Å². The minimum atomic E-state index is 0.689. The second kappa shape index (κ2) is 4.43. The highest BCUT2D eigenvalue weighted by molar-refractivity contribution is 9.10. The molecule has 2 rings (SSSR count). The van der Waals surface area contributed by atoms with E-state index in [1.165, 1.54) is 0 Å². The van der Waals surface area contributed by atoms with E-state index in [2.05, 4.69) is 31.2 Å². The van der Waals surface area contributed by atoms with Gasteiger partial charge in [0.25, 0.3) is 0 Å². The van der Waals surface area contributed by atoms with Crippen LogP contribution in [-0.4, -0.2) is 9.97 Å². The van der Waals surface area contributed by atoms with Gasteiger partial charge in [-0.05, 0) is 22.0 Å². The highest BCUT2D eigenvalue weighted by atomic mass is 79.9. The molecule has 0 atom stereocenters. The molecule has 5 heteroatoms. The molecule has 0 radical (unpaired) electrons. The van der Waals surface area contributed by atoms with Crippen molar-refractivity contribution < 1.29 is 4.42 Å². The molecular formula is C9H10BrN3O. The standard InChI is InChI=1S/C9H10BrN3O/c10-7-1-4-14-8(7)5-11-6-9-12-2-3-13-9/h1-4,11H,5-6H2,(H,12,13). The summed E-state index contributed by atoms with van der Waals surface area (Å²) >= 11 is 3.39. The van der Waals surface area contributed by atoms with Gasteiger partial charge in [-0.2, -0.15) is 0 Å². The number of nitrogens with zero attached hydrogens (tertiary/aromatic N) is 1. The normalized spacial score (nSPS) is 10.6. The Balaban J connectivity index is 1.81. The van der Waals surface area contributed by atoms with Crippen LogP contribution in [0.15, 0.2) is 33.6 Å². The number of H-pyrrole nitrogens is 1. The minimum absolute atomic E-state index is 0.689. The van der Waals surface area contributed by atoms with Gasteiger partial charge in [-0.15, -0.1) is 0 Å². The van der Waals surface area contributed by atoms with E-state index in [0.29, 0.717) is 13.1 Å². The monoisotopic (exact) mass is 255 g/mol. The minimum Gasteiger partial charge on any atom is -0.467 e. The summed E-state index contributed by atoms with van der Waals surface area (Å²) in [4.78, 5) is 7.11. The lowest BCUT2D eigenvalue weighted by atomic mass is 10.4. The molecule has 0 aliphatic rings. The Bertz CT molecular complexity index is 382. The van der Waals surface area contributed by atoms with Gasteiger partial charge in [0, 0.05) is 12.4 Å². The summed E-state index contributed by atoms with van der Waals surface area (Å²) < 4.78 is 6.23. The summed E-state index contributed by atoms with van der Waals surface area (Å²) in [6.07, 6.45) is 5.20. The summed E-state index contributed by atoms with van der Waals surface area (Å²) in [6, 6.07) is 1.88. The lowest BCUT2D eigenvalue weighted by molar-refractivity contribution is 0.478. The van der Waals surface area contributed by atoms with E-state index in [0.717, 1.165) is 16.1 Å². The molecule has 0 saturated heterocycles. The molecule has 0 spiro atoms. The van der Waals surface area contributed by atoms with Crippen molar-refractivity contribution in [3.63, 3.8) is 0 Å². The number of rotatable bonds is 4. The van der Waals surface area contributed by atoms with Gasteiger partial charge in [-0.3, -0.25) is 0 Å². The molecule has 0 amide bonds. The van der Waals surface area contributed by atoms with Crippen LogP contribution in [0.3, 0.4) is 0 Å². The molecule has 0 saturated carbocycles. The van der Waals surface area contributed by atoms with E-state index in [1.54, 1.807) is 18.7 Å². The van der Waals surface area contributed by atoms with Gasteiger partial charge in [-0.1, -0.05) is 0 Å². The van der Waals surface area contributed by atoms with Gasteiger partial charge in [0.1, 0.15) is 11.6 Å². The maximum Gasteiger partial charge on any atom is 0.131 e. The SMILES string of the molecule is Brc1ccoc1CNCc1ncc[nH]1. The van der Waals surface area contributed by atoms with Crippen LogP contribution in [0.25, 0.3) is 0 Å². The van der Waals surface area contributed by atoms with E-state index in [1.807, 2.05) is 6.07 Å². The summed E-state index contributed by atoms with van der Waals surface area (Å²) in [7, 11) is 0. The van der Waals surface area contributed by atoms with Crippen molar-refractivity contribution >= 4 is 15.9 Å². The molecule has 4 nitrogen and oxygen atoms in total. The Morgan fingerprint density at radius 3 is 3.07 bits per heavy atom. The highest BCUT2D eigenvalue weighted by Gasteiger charge is 2.02. The van der Waals surface area contributed by atoms with Gasteiger partial charge in [0.2, 0.25) is 0 Å². The first-order chi connectivity index (χ1) is 6.86. The van der Waals surface area contributed by atoms with Crippen LogP contribution in [-0.2, 0) is 13.1 Å². The number of aromatic amines is 1. The van der Waals surface area contributed by atoms with Crippen molar-refractivity contribution in [2.45, 2.75) is 13.1 Å². The summed E-state index contributed by atoms with van der Waals surface area (Å²) in [5, 5.41) is 3.21. The van der Waals surface area contributed by atoms with Crippen LogP contribution < -0.4 is 5.32 Å². The predicted octanol–water partition coefficient (Wildman–Crippen LogP) is 2.05. The second-order valence-electron chi connectivity index (χ2n) is 2.83. The predicted molar refractivity (Wildman–Crippen MR) is 55.5 cm³/mol. The third-order valence-corrected chi connectivity index (χ3v) is 2.53. The number of imidazole rings is 1. The van der Waals surface area contributed by atoms with Crippen LogP contribution in [0.1, 0.15) is 11.6 Å². The molecule has 74 valence electrons. The first-order valence-corrected chi connectivity index (χ1v) is 5.06. The summed E-state index contributed by atoms with van der Waals surface area (Å²) in [5.41, 5.74) is 0. The smallest absolute Gasteiger partial charge is 0.131 e. The fourth-order valence-corrected chi connectivity index (χ4v) is 1.48. The van der Waals surface area contributed by atoms with Crippen molar-refractivity contribution in [3.05, 3.63) is 40.8 Å². The fraction of sp³-hybridized carbons (Fsp3) is 0.222. The Hall–Kier alpha value is -1.07. The van der Waals surface area contributed by atoms with Gasteiger partial charge in [-0.25, -0.2) is 4.98 Å². The highest BCUT2D eigenvalue weighted by Crippen LogP contribution is 2.16. The largest absolute Gasteiger partial charge is 0.467 e. The number of nitrogens with one attached hydrogen (secondary N) is 2. The number of halogens is 1. The molecule has 0 fully saturated rings. The zero-order valence-corrected chi connectivity index (χ0v) is 9.04. The van der Waals surface area contributed by atoms with Crippen molar-refractivity contribution in [1.29, 1.82) is 0 Å². The zero-order valence-electron chi connectivity index (χ0n) is 7.46. The maximum absolute atomic E-state index is 5.24. The Morgan fingerprint density at radius 2 is 2.43 bits per heavy atom. The molecule has 2 aromatic heterocycles. The number of furan rings is 1. The van der Waals surface area contributed by atoms with Crippen molar-refractivity contribution in [1.82, 2.24) is 15.3 Å². The van der Waals surface area contributed by atoms with Gasteiger partial charge < -0.3 is 14.7 Å². The molecule has 14 heavy (non-hydrogen) atoms. The van der Waals surface area contributed by atoms with Crippen molar-refractivity contribution in [2.75, 3.05) is 0 Å². The summed E-state index contributed by atoms with van der Waals surface area (Å²) in [6.45, 7) is 1.40. The van der Waals surface area contributed by atoms with Crippen LogP contribution in [0.2, 0.25) is 0 Å². The summed E-state index contributed by atoms with van der Waals surface area (Å²) in [5.74, 6) is 1.82.